The average Bonchev–Trinajstić information content (AvgIpc) is 2.93. The molecule has 3 heteroatoms. The van der Waals surface area contributed by atoms with Crippen molar-refractivity contribution >= 4 is 0 Å². The molecular weight excluding hydrogens is 266 g/mol. The fraction of sp³-hybridized carbons (Fsp3) is 0.267. The first-order chi connectivity index (χ1) is 7.99. The molecule has 2 nitrogen and oxygen atoms in total. The predicted molar refractivity (Wildman–Crippen MR) is 72.9 cm³/mol. The van der Waals surface area contributed by atoms with Crippen molar-refractivity contribution in [2.45, 2.75) is 26.3 Å². The van der Waals surface area contributed by atoms with E-state index >= 15 is 0 Å². The molecule has 100 valence electrons. The maximum atomic E-state index is 9.55. The maximum Gasteiger partial charge on any atom is 0.192 e. The number of rotatable bonds is 1. The Bertz CT molecular complexity index is 377. The van der Waals surface area contributed by atoms with Crippen LogP contribution in [-0.2, 0) is 17.1 Å². The van der Waals surface area contributed by atoms with Gasteiger partial charge in [-0.1, -0.05) is 12.2 Å². The number of nitrogens with one attached hydrogen (secondary N) is 1. The molecule has 0 saturated carbocycles. The van der Waals surface area contributed by atoms with E-state index in [1.807, 2.05) is 75.4 Å². The van der Waals surface area contributed by atoms with Gasteiger partial charge < -0.3 is 10.4 Å². The third-order valence-electron chi connectivity index (χ3n) is 1.99. The third kappa shape index (κ3) is 7.10. The topological polar surface area (TPSA) is 32.3 Å². The van der Waals surface area contributed by atoms with Gasteiger partial charge in [0.05, 0.1) is 0 Å². The summed E-state index contributed by atoms with van der Waals surface area (Å²) in [6, 6.07) is 10.0. The smallest absolute Gasteiger partial charge is 0.192 e. The van der Waals surface area contributed by atoms with E-state index in [1.54, 1.807) is 0 Å². The van der Waals surface area contributed by atoms with Crippen LogP contribution in [0.3, 0.4) is 0 Å². The zero-order chi connectivity index (χ0) is 12.7. The van der Waals surface area contributed by atoms with Crippen LogP contribution in [0.5, 0.6) is 0 Å². The fourth-order valence-electron chi connectivity index (χ4n) is 1.28. The Morgan fingerprint density at radius 2 is 1.61 bits per heavy atom. The Morgan fingerprint density at radius 3 is 1.94 bits per heavy atom. The van der Waals surface area contributed by atoms with Gasteiger partial charge in [0.25, 0.3) is 0 Å². The van der Waals surface area contributed by atoms with E-state index in [2.05, 4.69) is 5.32 Å². The minimum Gasteiger partial charge on any atom is -0.494 e. The van der Waals surface area contributed by atoms with E-state index in [9.17, 15) is 5.11 Å². The standard InChI is InChI=1S/C10H15NO.C5H5.Fe/c1-10(2,3)11-9(12)8-6-4-5-7-8;1-2-4-5-3-1;/h4-7,11-12H,1-3H3;1-5H;/q;-1;. The number of aliphatic hydroxyl groups is 1. The normalized spacial score (nSPS) is 12.5. The summed E-state index contributed by atoms with van der Waals surface area (Å²) in [5, 5.41) is 12.5. The van der Waals surface area contributed by atoms with Crippen LogP contribution in [0.25, 0.3) is 0 Å². The summed E-state index contributed by atoms with van der Waals surface area (Å²) >= 11 is 0. The molecule has 0 radical (unpaired) electrons. The van der Waals surface area contributed by atoms with Gasteiger partial charge in [0.15, 0.2) is 5.88 Å². The Kier molecular flexibility index (Phi) is 7.33. The molecule has 18 heavy (non-hydrogen) atoms. The molecule has 1 aliphatic carbocycles. The molecule has 0 aromatic heterocycles. The number of hydrogen-bond donors (Lipinski definition) is 2. The van der Waals surface area contributed by atoms with Crippen LogP contribution < -0.4 is 5.32 Å². The first-order valence-electron chi connectivity index (χ1n) is 5.72. The molecule has 0 fully saturated rings. The molecule has 0 bridgehead atoms. The van der Waals surface area contributed by atoms with Crippen molar-refractivity contribution < 1.29 is 22.2 Å². The summed E-state index contributed by atoms with van der Waals surface area (Å²) in [5.41, 5.74) is 0.742. The SMILES string of the molecule is CC(C)(C)NC(O)=C1C=CC=C1.[Fe].c1cc[cH-]c1. The molecule has 1 aliphatic rings. The van der Waals surface area contributed by atoms with Gasteiger partial charge in [-0.3, -0.25) is 0 Å². The van der Waals surface area contributed by atoms with E-state index in [4.69, 9.17) is 0 Å². The molecule has 0 heterocycles. The molecule has 1 aromatic rings. The molecule has 0 saturated heterocycles. The fourth-order valence-corrected chi connectivity index (χ4v) is 1.28. The Hall–Kier alpha value is -1.31. The van der Waals surface area contributed by atoms with Crippen molar-refractivity contribution in [3.63, 3.8) is 0 Å². The molecule has 0 atom stereocenters. The average molecular weight is 286 g/mol. The van der Waals surface area contributed by atoms with Crippen molar-refractivity contribution in [3.05, 3.63) is 66.1 Å². The second kappa shape index (κ2) is 7.91. The van der Waals surface area contributed by atoms with Gasteiger partial charge in [-0.2, -0.15) is 18.2 Å². The summed E-state index contributed by atoms with van der Waals surface area (Å²) in [7, 11) is 0. The van der Waals surface area contributed by atoms with E-state index in [0.717, 1.165) is 5.57 Å². The van der Waals surface area contributed by atoms with Gasteiger partial charge in [-0.05, 0) is 32.9 Å². The molecular formula is C15H20FeNO-. The van der Waals surface area contributed by atoms with Gasteiger partial charge in [0, 0.05) is 28.2 Å². The van der Waals surface area contributed by atoms with E-state index in [-0.39, 0.29) is 28.5 Å². The molecule has 2 N–H and O–H groups in total. The summed E-state index contributed by atoms with van der Waals surface area (Å²) in [6.07, 6.45) is 7.54. The van der Waals surface area contributed by atoms with Crippen molar-refractivity contribution in [1.29, 1.82) is 0 Å². The molecule has 2 rings (SSSR count). The second-order valence-corrected chi connectivity index (χ2v) is 4.86. The van der Waals surface area contributed by atoms with Gasteiger partial charge in [-0.25, -0.2) is 12.1 Å². The summed E-state index contributed by atoms with van der Waals surface area (Å²) < 4.78 is 0. The summed E-state index contributed by atoms with van der Waals surface area (Å²) in [5.74, 6) is 0.243. The minimum absolute atomic E-state index is 0. The van der Waals surface area contributed by atoms with Gasteiger partial charge >= 0.3 is 0 Å². The van der Waals surface area contributed by atoms with E-state index < -0.39 is 0 Å². The van der Waals surface area contributed by atoms with Crippen LogP contribution in [0, 0.1) is 0 Å². The Balaban J connectivity index is 0.000000405. The predicted octanol–water partition coefficient (Wildman–Crippen LogP) is 3.67. The van der Waals surface area contributed by atoms with Crippen molar-refractivity contribution in [2.75, 3.05) is 0 Å². The zero-order valence-electron chi connectivity index (χ0n) is 11.0. The van der Waals surface area contributed by atoms with Gasteiger partial charge in [0.2, 0.25) is 0 Å². The van der Waals surface area contributed by atoms with Crippen LogP contribution in [0.1, 0.15) is 20.8 Å². The van der Waals surface area contributed by atoms with Crippen LogP contribution in [0.4, 0.5) is 0 Å². The minimum atomic E-state index is -0.0959. The van der Waals surface area contributed by atoms with Crippen LogP contribution in [-0.4, -0.2) is 10.6 Å². The van der Waals surface area contributed by atoms with Crippen molar-refractivity contribution in [1.82, 2.24) is 5.32 Å². The van der Waals surface area contributed by atoms with E-state index in [1.165, 1.54) is 0 Å². The Morgan fingerprint density at radius 1 is 1.11 bits per heavy atom. The number of hydrogen-bond acceptors (Lipinski definition) is 2. The number of allylic oxidation sites excluding steroid dienone is 5. The maximum absolute atomic E-state index is 9.55. The van der Waals surface area contributed by atoms with E-state index in [0.29, 0.717) is 0 Å². The van der Waals surface area contributed by atoms with Gasteiger partial charge in [-0.15, -0.1) is 0 Å². The van der Waals surface area contributed by atoms with Crippen molar-refractivity contribution in [2.24, 2.45) is 0 Å². The second-order valence-electron chi connectivity index (χ2n) is 4.86. The monoisotopic (exact) mass is 286 g/mol. The first kappa shape index (κ1) is 16.7. The quantitative estimate of drug-likeness (QED) is 0.469. The summed E-state index contributed by atoms with van der Waals surface area (Å²) in [4.78, 5) is 0. The summed E-state index contributed by atoms with van der Waals surface area (Å²) in [6.45, 7) is 6.02. The van der Waals surface area contributed by atoms with Gasteiger partial charge in [0.1, 0.15) is 0 Å². The molecule has 0 spiro atoms. The number of aliphatic hydroxyl groups excluding tert-OH is 1. The largest absolute Gasteiger partial charge is 0.494 e. The van der Waals surface area contributed by atoms with Crippen LogP contribution >= 0.6 is 0 Å². The Labute approximate surface area is 120 Å². The zero-order valence-corrected chi connectivity index (χ0v) is 12.1. The van der Waals surface area contributed by atoms with Crippen molar-refractivity contribution in [3.8, 4) is 0 Å². The molecule has 0 unspecified atom stereocenters. The molecule has 0 aliphatic heterocycles. The van der Waals surface area contributed by atoms with Crippen LogP contribution in [0.2, 0.25) is 0 Å². The first-order valence-corrected chi connectivity index (χ1v) is 5.72. The van der Waals surface area contributed by atoms with Crippen LogP contribution in [0.15, 0.2) is 66.1 Å². The third-order valence-corrected chi connectivity index (χ3v) is 1.99. The molecule has 0 amide bonds. The molecule has 1 aromatic carbocycles.